The summed E-state index contributed by atoms with van der Waals surface area (Å²) in [5.41, 5.74) is 1.36. The first-order valence-electron chi connectivity index (χ1n) is 7.76. The SMILES string of the molecule is OSC(S)(c1ccccc1)C12CC3CC(CC(C3)C1)C2. The fourth-order valence-electron chi connectivity index (χ4n) is 5.65. The molecule has 4 saturated carbocycles. The summed E-state index contributed by atoms with van der Waals surface area (Å²) in [5.74, 6) is 2.64. The molecule has 1 N–H and O–H groups in total. The zero-order chi connectivity index (χ0) is 13.8. The third-order valence-corrected chi connectivity index (χ3v) is 7.96. The Morgan fingerprint density at radius 1 is 1.00 bits per heavy atom. The van der Waals surface area contributed by atoms with Crippen molar-refractivity contribution in [3.8, 4) is 0 Å². The largest absolute Gasteiger partial charge is 0.329 e. The number of thiol groups is 1. The Labute approximate surface area is 131 Å². The summed E-state index contributed by atoms with van der Waals surface area (Å²) in [6.07, 6.45) is 8.04. The van der Waals surface area contributed by atoms with Gasteiger partial charge in [-0.1, -0.05) is 30.3 Å². The molecule has 0 saturated heterocycles. The quantitative estimate of drug-likeness (QED) is 0.455. The van der Waals surface area contributed by atoms with Crippen molar-refractivity contribution in [2.45, 2.75) is 42.6 Å². The molecule has 5 rings (SSSR count). The van der Waals surface area contributed by atoms with E-state index in [9.17, 15) is 4.55 Å². The molecular formula is C17H22OS2. The van der Waals surface area contributed by atoms with E-state index in [1.807, 2.05) is 6.07 Å². The van der Waals surface area contributed by atoms with Crippen molar-refractivity contribution in [2.24, 2.45) is 23.2 Å². The van der Waals surface area contributed by atoms with Gasteiger partial charge in [0.1, 0.15) is 4.08 Å². The summed E-state index contributed by atoms with van der Waals surface area (Å²) in [6.45, 7) is 0. The molecule has 1 unspecified atom stereocenters. The van der Waals surface area contributed by atoms with E-state index in [1.165, 1.54) is 44.1 Å². The summed E-state index contributed by atoms with van der Waals surface area (Å²) >= 11 is 6.04. The average molecular weight is 306 g/mol. The van der Waals surface area contributed by atoms with E-state index >= 15 is 0 Å². The molecule has 0 aromatic heterocycles. The minimum atomic E-state index is -0.440. The molecule has 1 nitrogen and oxygen atoms in total. The molecule has 1 atom stereocenters. The smallest absolute Gasteiger partial charge is 0.115 e. The van der Waals surface area contributed by atoms with Crippen LogP contribution in [0.2, 0.25) is 0 Å². The highest BCUT2D eigenvalue weighted by atomic mass is 32.2. The van der Waals surface area contributed by atoms with Crippen LogP contribution in [0.1, 0.15) is 44.1 Å². The monoisotopic (exact) mass is 306 g/mol. The van der Waals surface area contributed by atoms with Crippen LogP contribution in [0.5, 0.6) is 0 Å². The molecule has 3 heteroatoms. The van der Waals surface area contributed by atoms with E-state index in [0.29, 0.717) is 0 Å². The van der Waals surface area contributed by atoms with Gasteiger partial charge in [0.25, 0.3) is 0 Å². The molecule has 1 aromatic carbocycles. The second-order valence-electron chi connectivity index (χ2n) is 7.30. The predicted octanol–water partition coefficient (Wildman–Crippen LogP) is 5.19. The van der Waals surface area contributed by atoms with E-state index in [-0.39, 0.29) is 5.41 Å². The maximum atomic E-state index is 10.1. The Bertz CT molecular complexity index is 466. The molecule has 0 heterocycles. The summed E-state index contributed by atoms with van der Waals surface area (Å²) in [6, 6.07) is 10.4. The van der Waals surface area contributed by atoms with Gasteiger partial charge in [0.15, 0.2) is 0 Å². The van der Waals surface area contributed by atoms with Crippen LogP contribution in [0.25, 0.3) is 0 Å². The van der Waals surface area contributed by atoms with Crippen LogP contribution in [0.3, 0.4) is 0 Å². The highest BCUT2D eigenvalue weighted by Gasteiger charge is 2.60. The predicted molar refractivity (Wildman–Crippen MR) is 87.9 cm³/mol. The number of hydrogen-bond donors (Lipinski definition) is 2. The van der Waals surface area contributed by atoms with E-state index in [2.05, 4.69) is 24.3 Å². The van der Waals surface area contributed by atoms with Crippen molar-refractivity contribution in [3.63, 3.8) is 0 Å². The first kappa shape index (κ1) is 13.5. The standard InChI is InChI=1S/C17H22OS2/c18-20-17(19,15-4-2-1-3-5-15)16-9-12-6-13(10-16)8-14(7-12)11-16/h1-5,12-14,18-19H,6-11H2. The van der Waals surface area contributed by atoms with Crippen molar-refractivity contribution in [3.05, 3.63) is 35.9 Å². The van der Waals surface area contributed by atoms with Crippen molar-refractivity contribution < 1.29 is 4.55 Å². The molecule has 1 aromatic rings. The van der Waals surface area contributed by atoms with Gasteiger partial charge in [-0.15, -0.1) is 0 Å². The van der Waals surface area contributed by atoms with E-state index in [4.69, 9.17) is 12.6 Å². The summed E-state index contributed by atoms with van der Waals surface area (Å²) in [4.78, 5) is 0. The van der Waals surface area contributed by atoms with Gasteiger partial charge in [0.05, 0.1) is 0 Å². The summed E-state index contributed by atoms with van der Waals surface area (Å²) in [5, 5.41) is 0. The fourth-order valence-corrected chi connectivity index (χ4v) is 6.75. The topological polar surface area (TPSA) is 20.2 Å². The molecule has 4 aliphatic carbocycles. The lowest BCUT2D eigenvalue weighted by Gasteiger charge is -2.61. The number of rotatable bonds is 3. The Morgan fingerprint density at radius 3 is 1.95 bits per heavy atom. The third-order valence-electron chi connectivity index (χ3n) is 6.05. The van der Waals surface area contributed by atoms with Gasteiger partial charge >= 0.3 is 0 Å². The van der Waals surface area contributed by atoms with Crippen molar-refractivity contribution >= 4 is 24.7 Å². The van der Waals surface area contributed by atoms with Gasteiger partial charge in [-0.3, -0.25) is 0 Å². The fraction of sp³-hybridized carbons (Fsp3) is 0.647. The van der Waals surface area contributed by atoms with Crippen LogP contribution < -0.4 is 0 Å². The molecule has 4 fully saturated rings. The molecule has 0 spiro atoms. The third kappa shape index (κ3) is 1.82. The van der Waals surface area contributed by atoms with Crippen LogP contribution in [-0.2, 0) is 4.08 Å². The second kappa shape index (κ2) is 4.69. The Morgan fingerprint density at radius 2 is 1.50 bits per heavy atom. The molecule has 4 bridgehead atoms. The van der Waals surface area contributed by atoms with Crippen molar-refractivity contribution in [1.82, 2.24) is 0 Å². The molecule has 4 aliphatic rings. The minimum absolute atomic E-state index is 0.186. The number of benzene rings is 1. The van der Waals surface area contributed by atoms with Crippen LogP contribution in [0, 0.1) is 23.2 Å². The van der Waals surface area contributed by atoms with E-state index in [0.717, 1.165) is 29.8 Å². The van der Waals surface area contributed by atoms with Crippen LogP contribution in [0.15, 0.2) is 30.3 Å². The van der Waals surface area contributed by atoms with Gasteiger partial charge in [-0.25, -0.2) is 0 Å². The Balaban J connectivity index is 1.77. The molecule has 0 amide bonds. The zero-order valence-corrected chi connectivity index (χ0v) is 13.4. The minimum Gasteiger partial charge on any atom is -0.329 e. The van der Waals surface area contributed by atoms with Gasteiger partial charge in [-0.2, -0.15) is 12.6 Å². The Hall–Kier alpha value is -0.120. The first-order valence-corrected chi connectivity index (χ1v) is 8.98. The van der Waals surface area contributed by atoms with Gasteiger partial charge < -0.3 is 4.55 Å². The van der Waals surface area contributed by atoms with Gasteiger partial charge in [0.2, 0.25) is 0 Å². The molecular weight excluding hydrogens is 284 g/mol. The first-order chi connectivity index (χ1) is 9.65. The highest BCUT2D eigenvalue weighted by molar-refractivity contribution is 8.07. The van der Waals surface area contributed by atoms with Crippen LogP contribution in [0.4, 0.5) is 0 Å². The zero-order valence-electron chi connectivity index (χ0n) is 11.7. The highest BCUT2D eigenvalue weighted by Crippen LogP contribution is 2.69. The lowest BCUT2D eigenvalue weighted by atomic mass is 9.48. The maximum absolute atomic E-state index is 10.1. The van der Waals surface area contributed by atoms with Crippen molar-refractivity contribution in [2.75, 3.05) is 0 Å². The van der Waals surface area contributed by atoms with Gasteiger partial charge in [0, 0.05) is 17.5 Å². The van der Waals surface area contributed by atoms with E-state index < -0.39 is 4.08 Å². The van der Waals surface area contributed by atoms with Gasteiger partial charge in [-0.05, 0) is 61.8 Å². The number of hydrogen-bond acceptors (Lipinski definition) is 3. The van der Waals surface area contributed by atoms with Crippen LogP contribution >= 0.6 is 24.7 Å². The second-order valence-corrected chi connectivity index (χ2v) is 9.07. The summed E-state index contributed by atoms with van der Waals surface area (Å²) in [7, 11) is 0. The molecule has 20 heavy (non-hydrogen) atoms. The Kier molecular flexibility index (Phi) is 3.17. The van der Waals surface area contributed by atoms with Crippen molar-refractivity contribution in [1.29, 1.82) is 0 Å². The van der Waals surface area contributed by atoms with Crippen LogP contribution in [-0.4, -0.2) is 4.55 Å². The average Bonchev–Trinajstić information content (AvgIpc) is 2.46. The molecule has 0 radical (unpaired) electrons. The summed E-state index contributed by atoms with van der Waals surface area (Å²) < 4.78 is 9.70. The lowest BCUT2D eigenvalue weighted by Crippen LogP contribution is -2.53. The maximum Gasteiger partial charge on any atom is 0.115 e. The normalized spacial score (nSPS) is 41.6. The molecule has 0 aliphatic heterocycles. The lowest BCUT2D eigenvalue weighted by molar-refractivity contribution is -0.0605. The van der Waals surface area contributed by atoms with E-state index in [1.54, 1.807) is 0 Å². The molecule has 108 valence electrons.